The monoisotopic (exact) mass is 562 g/mol. The molecule has 0 bridgehead atoms. The largest absolute Gasteiger partial charge is 0.455 e. The van der Waals surface area contributed by atoms with E-state index in [2.05, 4.69) is 152 Å². The van der Waals surface area contributed by atoms with Crippen LogP contribution in [0.2, 0.25) is 0 Å². The predicted molar refractivity (Wildman–Crippen MR) is 183 cm³/mol. The van der Waals surface area contributed by atoms with Crippen LogP contribution in [0.4, 0.5) is 0 Å². The maximum atomic E-state index is 6.71. The molecule has 0 aliphatic heterocycles. The first-order valence-corrected chi connectivity index (χ1v) is 14.9. The van der Waals surface area contributed by atoms with Crippen LogP contribution in [0.15, 0.2) is 167 Å². The molecule has 0 saturated heterocycles. The summed E-state index contributed by atoms with van der Waals surface area (Å²) in [6.07, 6.45) is 0. The molecule has 0 aliphatic carbocycles. The lowest BCUT2D eigenvalue weighted by molar-refractivity contribution is 0.663. The summed E-state index contributed by atoms with van der Waals surface area (Å²) in [6.45, 7) is 0. The van der Waals surface area contributed by atoms with Crippen molar-refractivity contribution >= 4 is 43.9 Å². The Morgan fingerprint density at radius 2 is 0.773 bits per heavy atom. The summed E-state index contributed by atoms with van der Waals surface area (Å²) in [5.74, 6) is 0. The van der Waals surface area contributed by atoms with Crippen LogP contribution in [-0.2, 0) is 0 Å². The summed E-state index contributed by atoms with van der Waals surface area (Å²) in [5, 5.41) is 4.23. The van der Waals surface area contributed by atoms with E-state index in [1.807, 2.05) is 6.07 Å². The van der Waals surface area contributed by atoms with Crippen molar-refractivity contribution in [3.63, 3.8) is 0 Å². The zero-order valence-corrected chi connectivity index (χ0v) is 23.8. The van der Waals surface area contributed by atoms with Gasteiger partial charge < -0.3 is 8.83 Å². The van der Waals surface area contributed by atoms with Gasteiger partial charge in [-0.2, -0.15) is 0 Å². The third-order valence-electron chi connectivity index (χ3n) is 8.67. The maximum absolute atomic E-state index is 6.71. The van der Waals surface area contributed by atoms with Crippen molar-refractivity contribution in [3.05, 3.63) is 158 Å². The number of benzene rings is 7. The first-order chi connectivity index (χ1) is 21.8. The first kappa shape index (κ1) is 24.7. The Kier molecular flexibility index (Phi) is 5.54. The molecule has 0 atom stereocenters. The van der Waals surface area contributed by atoms with Crippen LogP contribution in [0.5, 0.6) is 0 Å². The van der Waals surface area contributed by atoms with Gasteiger partial charge in [-0.25, -0.2) is 0 Å². The van der Waals surface area contributed by atoms with Gasteiger partial charge in [-0.05, 0) is 75.3 Å². The van der Waals surface area contributed by atoms with Gasteiger partial charge in [0.1, 0.15) is 22.3 Å². The molecule has 0 fully saturated rings. The van der Waals surface area contributed by atoms with E-state index < -0.39 is 0 Å². The van der Waals surface area contributed by atoms with Crippen LogP contribution in [0.1, 0.15) is 0 Å². The molecule has 206 valence electrons. The Labute approximate surface area is 254 Å². The quantitative estimate of drug-likeness (QED) is 0.213. The molecule has 0 aliphatic rings. The second-order valence-corrected chi connectivity index (χ2v) is 11.3. The number of furan rings is 2. The summed E-state index contributed by atoms with van der Waals surface area (Å²) in [4.78, 5) is 0. The molecule has 2 heteroatoms. The van der Waals surface area contributed by atoms with Gasteiger partial charge in [0.2, 0.25) is 0 Å². The molecule has 0 saturated carbocycles. The molecule has 0 amide bonds. The van der Waals surface area contributed by atoms with Crippen LogP contribution in [0.25, 0.3) is 88.4 Å². The summed E-state index contributed by atoms with van der Waals surface area (Å²) >= 11 is 0. The van der Waals surface area contributed by atoms with Crippen LogP contribution in [-0.4, -0.2) is 0 Å². The molecule has 7 aromatic carbocycles. The molecule has 44 heavy (non-hydrogen) atoms. The van der Waals surface area contributed by atoms with Gasteiger partial charge in [0.25, 0.3) is 0 Å². The highest BCUT2D eigenvalue weighted by molar-refractivity contribution is 6.25. The van der Waals surface area contributed by atoms with Crippen LogP contribution >= 0.6 is 0 Å². The molecule has 0 spiro atoms. The molecule has 2 nitrogen and oxygen atoms in total. The minimum atomic E-state index is 0.838. The van der Waals surface area contributed by atoms with Crippen LogP contribution in [0, 0.1) is 0 Å². The average Bonchev–Trinajstić information content (AvgIpc) is 3.67. The number of hydrogen-bond donors (Lipinski definition) is 0. The highest BCUT2D eigenvalue weighted by Crippen LogP contribution is 2.46. The third kappa shape index (κ3) is 3.96. The zero-order valence-electron chi connectivity index (χ0n) is 23.8. The fourth-order valence-electron chi connectivity index (χ4n) is 6.50. The molecule has 0 radical (unpaired) electrons. The second-order valence-electron chi connectivity index (χ2n) is 11.3. The summed E-state index contributed by atoms with van der Waals surface area (Å²) in [7, 11) is 0. The lowest BCUT2D eigenvalue weighted by Crippen LogP contribution is -1.83. The summed E-state index contributed by atoms with van der Waals surface area (Å²) in [6, 6.07) is 55.5. The van der Waals surface area contributed by atoms with Gasteiger partial charge in [0, 0.05) is 21.7 Å². The molecule has 2 heterocycles. The Morgan fingerprint density at radius 3 is 1.39 bits per heavy atom. The van der Waals surface area contributed by atoms with E-state index in [-0.39, 0.29) is 0 Å². The molecule has 9 rings (SSSR count). The minimum Gasteiger partial charge on any atom is -0.455 e. The predicted octanol–water partition coefficient (Wildman–Crippen LogP) is 12.2. The fraction of sp³-hybridized carbons (Fsp3) is 0. The van der Waals surface area contributed by atoms with Crippen molar-refractivity contribution in [2.45, 2.75) is 0 Å². The second kappa shape index (κ2) is 9.86. The molecule has 0 N–H and O–H groups in total. The van der Waals surface area contributed by atoms with E-state index in [0.29, 0.717) is 0 Å². The molecular weight excluding hydrogens is 536 g/mol. The zero-order chi connectivity index (χ0) is 29.0. The van der Waals surface area contributed by atoms with Crippen molar-refractivity contribution < 1.29 is 8.83 Å². The minimum absolute atomic E-state index is 0.838. The number of rotatable bonds is 4. The number of fused-ring (bicyclic) bond motifs is 7. The first-order valence-electron chi connectivity index (χ1n) is 14.9. The van der Waals surface area contributed by atoms with Crippen molar-refractivity contribution in [1.82, 2.24) is 0 Å². The Balaban J connectivity index is 1.37. The fourth-order valence-corrected chi connectivity index (χ4v) is 6.50. The van der Waals surface area contributed by atoms with Gasteiger partial charge in [0.15, 0.2) is 0 Å². The van der Waals surface area contributed by atoms with Gasteiger partial charge in [-0.1, -0.05) is 121 Å². The van der Waals surface area contributed by atoms with E-state index in [1.165, 1.54) is 22.3 Å². The van der Waals surface area contributed by atoms with Crippen LogP contribution < -0.4 is 0 Å². The SMILES string of the molecule is c1ccc(-c2cccc(-c3cc4c5cc(-c6ccccc6)ccc5oc4c4c3oc3ccc(-c5ccccc5)cc34)c2)cc1. The van der Waals surface area contributed by atoms with Crippen molar-refractivity contribution in [2.24, 2.45) is 0 Å². The highest BCUT2D eigenvalue weighted by Gasteiger charge is 2.22. The van der Waals surface area contributed by atoms with Gasteiger partial charge in [0.05, 0.1) is 5.39 Å². The Bertz CT molecular complexity index is 2470. The Hall–Kier alpha value is -5.86. The van der Waals surface area contributed by atoms with Crippen molar-refractivity contribution in [1.29, 1.82) is 0 Å². The molecule has 9 aromatic rings. The molecule has 2 aromatic heterocycles. The van der Waals surface area contributed by atoms with E-state index >= 15 is 0 Å². The standard InChI is InChI=1S/C42H26O2/c1-4-11-27(12-5-1)30-17-10-18-33(23-30)34-26-36-35-24-31(28-13-6-2-7-14-28)19-21-38(35)43-42(36)40-37-25-32(29-15-8-3-9-16-29)20-22-39(37)44-41(34)40/h1-26H. The maximum Gasteiger partial charge on any atom is 0.147 e. The van der Waals surface area contributed by atoms with Gasteiger partial charge in [-0.3, -0.25) is 0 Å². The topological polar surface area (TPSA) is 26.3 Å². The van der Waals surface area contributed by atoms with Crippen LogP contribution in [0.3, 0.4) is 0 Å². The van der Waals surface area contributed by atoms with E-state index in [0.717, 1.165) is 66.1 Å². The average molecular weight is 563 g/mol. The molecule has 0 unspecified atom stereocenters. The summed E-state index contributed by atoms with van der Waals surface area (Å²) in [5.41, 5.74) is 12.6. The van der Waals surface area contributed by atoms with E-state index in [4.69, 9.17) is 8.83 Å². The smallest absolute Gasteiger partial charge is 0.147 e. The van der Waals surface area contributed by atoms with E-state index in [1.54, 1.807) is 0 Å². The van der Waals surface area contributed by atoms with Gasteiger partial charge >= 0.3 is 0 Å². The lowest BCUT2D eigenvalue weighted by Gasteiger charge is -2.08. The van der Waals surface area contributed by atoms with Crippen molar-refractivity contribution in [3.8, 4) is 44.5 Å². The van der Waals surface area contributed by atoms with Crippen molar-refractivity contribution in [2.75, 3.05) is 0 Å². The summed E-state index contributed by atoms with van der Waals surface area (Å²) < 4.78 is 13.4. The normalized spacial score (nSPS) is 11.6. The third-order valence-corrected chi connectivity index (χ3v) is 8.67. The van der Waals surface area contributed by atoms with E-state index in [9.17, 15) is 0 Å². The Morgan fingerprint density at radius 1 is 0.295 bits per heavy atom. The number of hydrogen-bond acceptors (Lipinski definition) is 2. The lowest BCUT2D eigenvalue weighted by atomic mass is 9.95. The van der Waals surface area contributed by atoms with Gasteiger partial charge in [-0.15, -0.1) is 0 Å². The molecular formula is C42H26O2. The highest BCUT2D eigenvalue weighted by atomic mass is 16.3.